The number of aromatic carboxylic acids is 1. The van der Waals surface area contributed by atoms with Gasteiger partial charge in [-0.25, -0.2) is 4.79 Å². The van der Waals surface area contributed by atoms with Crippen LogP contribution >= 0.6 is 0 Å². The number of carboxylic acids is 1. The Bertz CT molecular complexity index is 569. The van der Waals surface area contributed by atoms with Gasteiger partial charge in [0.2, 0.25) is 0 Å². The first-order valence-corrected chi connectivity index (χ1v) is 5.47. The number of benzene rings is 1. The monoisotopic (exact) mass is 233 g/mol. The molecule has 0 spiro atoms. The van der Waals surface area contributed by atoms with Crippen LogP contribution in [0, 0.1) is 0 Å². The van der Waals surface area contributed by atoms with Crippen molar-refractivity contribution < 1.29 is 14.6 Å². The Balaban J connectivity index is 2.76. The zero-order chi connectivity index (χ0) is 12.6. The summed E-state index contributed by atoms with van der Waals surface area (Å²) in [7, 11) is 1.58. The molecule has 0 aliphatic rings. The van der Waals surface area contributed by atoms with E-state index in [1.807, 2.05) is 12.1 Å². The van der Waals surface area contributed by atoms with Gasteiger partial charge in [0.1, 0.15) is 11.4 Å². The van der Waals surface area contributed by atoms with E-state index in [1.165, 1.54) is 0 Å². The van der Waals surface area contributed by atoms with Crippen molar-refractivity contribution in [3.63, 3.8) is 0 Å². The average Bonchev–Trinajstić information content (AvgIpc) is 2.71. The number of carbonyl (C=O) groups is 1. The highest BCUT2D eigenvalue weighted by molar-refractivity contribution is 5.97. The molecule has 1 aromatic heterocycles. The minimum Gasteiger partial charge on any atom is -0.496 e. The van der Waals surface area contributed by atoms with Crippen molar-refractivity contribution in [3.05, 3.63) is 29.5 Å². The number of hydrogen-bond acceptors (Lipinski definition) is 2. The van der Waals surface area contributed by atoms with E-state index in [9.17, 15) is 4.79 Å². The van der Waals surface area contributed by atoms with Gasteiger partial charge in [0.15, 0.2) is 0 Å². The molecule has 0 atom stereocenters. The number of hydrogen-bond donors (Lipinski definition) is 2. The molecule has 4 nitrogen and oxygen atoms in total. The van der Waals surface area contributed by atoms with Crippen LogP contribution in [0.4, 0.5) is 0 Å². The van der Waals surface area contributed by atoms with Crippen molar-refractivity contribution in [3.8, 4) is 5.75 Å². The van der Waals surface area contributed by atoms with E-state index in [1.54, 1.807) is 13.2 Å². The second-order valence-corrected chi connectivity index (χ2v) is 4.29. The summed E-state index contributed by atoms with van der Waals surface area (Å²) in [6.07, 6.45) is 0. The second-order valence-electron chi connectivity index (χ2n) is 4.29. The fourth-order valence-electron chi connectivity index (χ4n) is 1.99. The summed E-state index contributed by atoms with van der Waals surface area (Å²) in [4.78, 5) is 13.9. The molecular formula is C13H15NO3. The third-order valence-corrected chi connectivity index (χ3v) is 2.86. The van der Waals surface area contributed by atoms with Crippen LogP contribution in [-0.4, -0.2) is 23.2 Å². The van der Waals surface area contributed by atoms with Crippen LogP contribution in [0.25, 0.3) is 10.9 Å². The van der Waals surface area contributed by atoms with Crippen LogP contribution < -0.4 is 4.74 Å². The van der Waals surface area contributed by atoms with Gasteiger partial charge in [0.25, 0.3) is 0 Å². The third-order valence-electron chi connectivity index (χ3n) is 2.86. The van der Waals surface area contributed by atoms with Crippen molar-refractivity contribution in [2.24, 2.45) is 0 Å². The number of aromatic nitrogens is 1. The molecular weight excluding hydrogens is 218 g/mol. The van der Waals surface area contributed by atoms with Gasteiger partial charge in [-0.3, -0.25) is 0 Å². The van der Waals surface area contributed by atoms with E-state index in [4.69, 9.17) is 9.84 Å². The zero-order valence-electron chi connectivity index (χ0n) is 10.1. The predicted octanol–water partition coefficient (Wildman–Crippen LogP) is 3.00. The lowest BCUT2D eigenvalue weighted by Crippen LogP contribution is -1.95. The largest absolute Gasteiger partial charge is 0.496 e. The van der Waals surface area contributed by atoms with Gasteiger partial charge in [0.05, 0.1) is 12.6 Å². The lowest BCUT2D eigenvalue weighted by molar-refractivity contribution is 0.0691. The van der Waals surface area contributed by atoms with Gasteiger partial charge < -0.3 is 14.8 Å². The standard InChI is InChI=1S/C13H15NO3/c1-7(2)8-4-5-11(17-3)9-6-10(13(15)16)14-12(8)9/h4-7,14H,1-3H3,(H,15,16). The van der Waals surface area contributed by atoms with Crippen molar-refractivity contribution in [1.82, 2.24) is 4.98 Å². The van der Waals surface area contributed by atoms with Crippen LogP contribution in [0.5, 0.6) is 5.75 Å². The van der Waals surface area contributed by atoms with Gasteiger partial charge in [0, 0.05) is 5.39 Å². The lowest BCUT2D eigenvalue weighted by atomic mass is 10.0. The van der Waals surface area contributed by atoms with Crippen LogP contribution in [0.15, 0.2) is 18.2 Å². The van der Waals surface area contributed by atoms with E-state index in [0.717, 1.165) is 16.5 Å². The maximum absolute atomic E-state index is 11.0. The number of rotatable bonds is 3. The molecule has 0 fully saturated rings. The summed E-state index contributed by atoms with van der Waals surface area (Å²) in [5, 5.41) is 9.82. The highest BCUT2D eigenvalue weighted by atomic mass is 16.5. The summed E-state index contributed by atoms with van der Waals surface area (Å²) in [5.41, 5.74) is 2.12. The van der Waals surface area contributed by atoms with Gasteiger partial charge in [-0.05, 0) is 23.6 Å². The molecule has 0 radical (unpaired) electrons. The van der Waals surface area contributed by atoms with Gasteiger partial charge >= 0.3 is 5.97 Å². The summed E-state index contributed by atoms with van der Waals surface area (Å²) >= 11 is 0. The van der Waals surface area contributed by atoms with Gasteiger partial charge in [-0.15, -0.1) is 0 Å². The average molecular weight is 233 g/mol. The maximum atomic E-state index is 11.0. The molecule has 0 unspecified atom stereocenters. The fourth-order valence-corrected chi connectivity index (χ4v) is 1.99. The second kappa shape index (κ2) is 4.13. The molecule has 2 N–H and O–H groups in total. The summed E-state index contributed by atoms with van der Waals surface area (Å²) < 4.78 is 5.24. The molecule has 1 aromatic carbocycles. The first kappa shape index (κ1) is 11.5. The minimum absolute atomic E-state index is 0.186. The number of aromatic amines is 1. The molecule has 0 bridgehead atoms. The van der Waals surface area contributed by atoms with Crippen molar-refractivity contribution >= 4 is 16.9 Å². The fraction of sp³-hybridized carbons (Fsp3) is 0.308. The normalized spacial score (nSPS) is 11.1. The number of methoxy groups -OCH3 is 1. The molecule has 4 heteroatoms. The Hall–Kier alpha value is -1.97. The van der Waals surface area contributed by atoms with Crippen molar-refractivity contribution in [2.45, 2.75) is 19.8 Å². The summed E-state index contributed by atoms with van der Waals surface area (Å²) in [6, 6.07) is 5.45. The van der Waals surface area contributed by atoms with E-state index >= 15 is 0 Å². The quantitative estimate of drug-likeness (QED) is 0.856. The molecule has 0 saturated carbocycles. The van der Waals surface area contributed by atoms with Crippen LogP contribution in [0.1, 0.15) is 35.8 Å². The molecule has 0 amide bonds. The highest BCUT2D eigenvalue weighted by Crippen LogP contribution is 2.32. The first-order chi connectivity index (χ1) is 8.04. The summed E-state index contributed by atoms with van der Waals surface area (Å²) in [5.74, 6) is 0.0508. The van der Waals surface area contributed by atoms with Crippen LogP contribution in [0.3, 0.4) is 0 Å². The molecule has 17 heavy (non-hydrogen) atoms. The number of ether oxygens (including phenoxy) is 1. The lowest BCUT2D eigenvalue weighted by Gasteiger charge is -2.09. The van der Waals surface area contributed by atoms with Crippen LogP contribution in [-0.2, 0) is 0 Å². The molecule has 0 saturated heterocycles. The maximum Gasteiger partial charge on any atom is 0.352 e. The van der Waals surface area contributed by atoms with Gasteiger partial charge in [-0.2, -0.15) is 0 Å². The summed E-state index contributed by atoms with van der Waals surface area (Å²) in [6.45, 7) is 4.14. The molecule has 90 valence electrons. The topological polar surface area (TPSA) is 62.3 Å². The Morgan fingerprint density at radius 3 is 2.65 bits per heavy atom. The van der Waals surface area contributed by atoms with E-state index in [0.29, 0.717) is 11.7 Å². The van der Waals surface area contributed by atoms with Crippen molar-refractivity contribution in [2.75, 3.05) is 7.11 Å². The Kier molecular flexibility index (Phi) is 2.79. The molecule has 2 aromatic rings. The number of carboxylic acid groups (broad SMARTS) is 1. The van der Waals surface area contributed by atoms with Crippen molar-refractivity contribution in [1.29, 1.82) is 0 Å². The third kappa shape index (κ3) is 1.86. The van der Waals surface area contributed by atoms with E-state index < -0.39 is 5.97 Å². The van der Waals surface area contributed by atoms with E-state index in [-0.39, 0.29) is 5.69 Å². The van der Waals surface area contributed by atoms with Gasteiger partial charge in [-0.1, -0.05) is 19.9 Å². The molecule has 0 aliphatic heterocycles. The van der Waals surface area contributed by atoms with E-state index in [2.05, 4.69) is 18.8 Å². The predicted molar refractivity (Wildman–Crippen MR) is 65.9 cm³/mol. The molecule has 0 aliphatic carbocycles. The Morgan fingerprint density at radius 2 is 2.12 bits per heavy atom. The molecule has 1 heterocycles. The zero-order valence-corrected chi connectivity index (χ0v) is 10.1. The number of H-pyrrole nitrogens is 1. The Morgan fingerprint density at radius 1 is 1.41 bits per heavy atom. The van der Waals surface area contributed by atoms with Crippen LogP contribution in [0.2, 0.25) is 0 Å². The smallest absolute Gasteiger partial charge is 0.352 e. The Labute approximate surface area is 99.2 Å². The number of nitrogens with one attached hydrogen (secondary N) is 1. The molecule has 2 rings (SSSR count). The SMILES string of the molecule is COc1ccc(C(C)C)c2[nH]c(C(=O)O)cc12. The highest BCUT2D eigenvalue weighted by Gasteiger charge is 2.15. The minimum atomic E-state index is -0.960. The number of fused-ring (bicyclic) bond motifs is 1. The first-order valence-electron chi connectivity index (χ1n) is 5.47.